The topological polar surface area (TPSA) is 20.2 Å². The van der Waals surface area contributed by atoms with Crippen LogP contribution in [0.4, 0.5) is 0 Å². The molecule has 0 amide bonds. The highest BCUT2D eigenvalue weighted by Crippen LogP contribution is 2.22. The van der Waals surface area contributed by atoms with Gasteiger partial charge in [-0.3, -0.25) is 0 Å². The van der Waals surface area contributed by atoms with E-state index in [9.17, 15) is 0 Å². The average molecular weight is 226 g/mol. The summed E-state index contributed by atoms with van der Waals surface area (Å²) in [6, 6.07) is 17.0. The van der Waals surface area contributed by atoms with Crippen LogP contribution in [0.2, 0.25) is 0 Å². The van der Waals surface area contributed by atoms with E-state index in [1.807, 2.05) is 0 Å². The fourth-order valence-electron chi connectivity index (χ4n) is 2.01. The van der Waals surface area contributed by atoms with Gasteiger partial charge >= 0.3 is 0 Å². The van der Waals surface area contributed by atoms with Crippen LogP contribution >= 0.6 is 0 Å². The summed E-state index contributed by atoms with van der Waals surface area (Å²) in [6.07, 6.45) is 1.78. The molecule has 0 spiro atoms. The molecule has 0 heterocycles. The monoisotopic (exact) mass is 226 g/mol. The van der Waals surface area contributed by atoms with E-state index in [2.05, 4.69) is 55.5 Å². The van der Waals surface area contributed by atoms with Crippen molar-refractivity contribution in [2.24, 2.45) is 0 Å². The molecule has 0 aliphatic rings. The van der Waals surface area contributed by atoms with Crippen LogP contribution in [0.1, 0.15) is 18.1 Å². The highest BCUT2D eigenvalue weighted by atomic mass is 16.2. The van der Waals surface area contributed by atoms with Gasteiger partial charge in [0.2, 0.25) is 0 Å². The molecule has 0 aliphatic carbocycles. The van der Waals surface area contributed by atoms with Gasteiger partial charge in [0.1, 0.15) is 0 Å². The second kappa shape index (κ2) is 5.65. The molecule has 2 rings (SSSR count). The molecule has 1 nitrogen and oxygen atoms in total. The maximum Gasteiger partial charge on any atom is 0.0471 e. The normalized spacial score (nSPS) is 10.5. The van der Waals surface area contributed by atoms with Crippen molar-refractivity contribution in [2.45, 2.75) is 19.8 Å². The Balaban J connectivity index is 2.34. The van der Waals surface area contributed by atoms with Crippen molar-refractivity contribution in [1.29, 1.82) is 0 Å². The molecule has 2 aromatic carbocycles. The van der Waals surface area contributed by atoms with Crippen molar-refractivity contribution in [3.63, 3.8) is 0 Å². The minimum Gasteiger partial charge on any atom is -0.396 e. The second-order valence-corrected chi connectivity index (χ2v) is 4.23. The lowest BCUT2D eigenvalue weighted by Gasteiger charge is -2.06. The maximum absolute atomic E-state index is 8.96. The highest BCUT2D eigenvalue weighted by molar-refractivity contribution is 5.64. The lowest BCUT2D eigenvalue weighted by atomic mass is 9.99. The molecule has 1 heteroatoms. The quantitative estimate of drug-likeness (QED) is 0.846. The fourth-order valence-corrected chi connectivity index (χ4v) is 2.01. The van der Waals surface area contributed by atoms with Crippen LogP contribution in [0.15, 0.2) is 48.5 Å². The van der Waals surface area contributed by atoms with Gasteiger partial charge in [-0.25, -0.2) is 0 Å². The fraction of sp³-hybridized carbons (Fsp3) is 0.250. The first-order chi connectivity index (χ1) is 8.33. The molecule has 0 radical (unpaired) electrons. The van der Waals surface area contributed by atoms with Crippen molar-refractivity contribution in [3.05, 3.63) is 59.7 Å². The summed E-state index contributed by atoms with van der Waals surface area (Å²) >= 11 is 0. The molecular formula is C16H18O. The van der Waals surface area contributed by atoms with Crippen LogP contribution in [0.25, 0.3) is 11.1 Å². The van der Waals surface area contributed by atoms with E-state index in [0.29, 0.717) is 0 Å². The van der Waals surface area contributed by atoms with E-state index in [4.69, 9.17) is 5.11 Å². The van der Waals surface area contributed by atoms with Crippen molar-refractivity contribution in [2.75, 3.05) is 6.61 Å². The Labute approximate surface area is 103 Å². The Morgan fingerprint density at radius 1 is 0.882 bits per heavy atom. The van der Waals surface area contributed by atoms with Crippen molar-refractivity contribution in [1.82, 2.24) is 0 Å². The van der Waals surface area contributed by atoms with Gasteiger partial charge in [-0.05, 0) is 35.1 Å². The molecule has 0 aromatic heterocycles. The zero-order valence-electron chi connectivity index (χ0n) is 10.2. The molecule has 0 saturated carbocycles. The third kappa shape index (κ3) is 2.95. The van der Waals surface area contributed by atoms with Crippen molar-refractivity contribution >= 4 is 0 Å². The number of hydrogen-bond acceptors (Lipinski definition) is 1. The van der Waals surface area contributed by atoms with Crippen LogP contribution in [0, 0.1) is 0 Å². The lowest BCUT2D eigenvalue weighted by molar-refractivity contribution is 0.299. The van der Waals surface area contributed by atoms with Crippen molar-refractivity contribution in [3.8, 4) is 11.1 Å². The van der Waals surface area contributed by atoms with Crippen molar-refractivity contribution < 1.29 is 5.11 Å². The largest absolute Gasteiger partial charge is 0.396 e. The molecule has 0 fully saturated rings. The van der Waals surface area contributed by atoms with Gasteiger partial charge < -0.3 is 5.11 Å². The van der Waals surface area contributed by atoms with Crippen LogP contribution in [0.3, 0.4) is 0 Å². The lowest BCUT2D eigenvalue weighted by Crippen LogP contribution is -1.91. The Morgan fingerprint density at radius 2 is 1.47 bits per heavy atom. The summed E-state index contributed by atoms with van der Waals surface area (Å²) in [4.78, 5) is 0. The first kappa shape index (κ1) is 11.9. The number of benzene rings is 2. The predicted molar refractivity (Wildman–Crippen MR) is 72.0 cm³/mol. The SMILES string of the molecule is CCc1cccc(-c2cccc(CCO)c2)c1. The smallest absolute Gasteiger partial charge is 0.0471 e. The summed E-state index contributed by atoms with van der Waals surface area (Å²) < 4.78 is 0. The van der Waals surface area contributed by atoms with Gasteiger partial charge in [0, 0.05) is 6.61 Å². The van der Waals surface area contributed by atoms with E-state index in [1.54, 1.807) is 0 Å². The molecule has 17 heavy (non-hydrogen) atoms. The molecule has 0 unspecified atom stereocenters. The van der Waals surface area contributed by atoms with Gasteiger partial charge in [-0.15, -0.1) is 0 Å². The van der Waals surface area contributed by atoms with E-state index in [-0.39, 0.29) is 6.61 Å². The minimum absolute atomic E-state index is 0.207. The molecule has 0 saturated heterocycles. The molecule has 88 valence electrons. The van der Waals surface area contributed by atoms with Crippen LogP contribution in [-0.4, -0.2) is 11.7 Å². The van der Waals surface area contributed by atoms with Gasteiger partial charge in [-0.1, -0.05) is 55.5 Å². The zero-order valence-corrected chi connectivity index (χ0v) is 10.2. The standard InChI is InChI=1S/C16H18O/c1-2-13-5-3-7-15(11-13)16-8-4-6-14(12-16)9-10-17/h3-8,11-12,17H,2,9-10H2,1H3. The number of aliphatic hydroxyl groups is 1. The van der Waals surface area contributed by atoms with Crippen LogP contribution in [-0.2, 0) is 12.8 Å². The van der Waals surface area contributed by atoms with E-state index in [0.717, 1.165) is 12.8 Å². The third-order valence-electron chi connectivity index (χ3n) is 3.00. The summed E-state index contributed by atoms with van der Waals surface area (Å²) in [5.74, 6) is 0. The molecule has 1 N–H and O–H groups in total. The van der Waals surface area contributed by atoms with Gasteiger partial charge in [0.15, 0.2) is 0 Å². The molecular weight excluding hydrogens is 208 g/mol. The summed E-state index contributed by atoms with van der Waals surface area (Å²) in [5, 5.41) is 8.96. The number of hydrogen-bond donors (Lipinski definition) is 1. The Kier molecular flexibility index (Phi) is 3.94. The predicted octanol–water partition coefficient (Wildman–Crippen LogP) is 3.45. The highest BCUT2D eigenvalue weighted by Gasteiger charge is 2.00. The molecule has 0 aliphatic heterocycles. The summed E-state index contributed by atoms with van der Waals surface area (Å²) in [5.41, 5.74) is 5.03. The van der Waals surface area contributed by atoms with Gasteiger partial charge in [0.05, 0.1) is 0 Å². The van der Waals surface area contributed by atoms with E-state index >= 15 is 0 Å². The van der Waals surface area contributed by atoms with Crippen LogP contribution in [0.5, 0.6) is 0 Å². The van der Waals surface area contributed by atoms with Crippen LogP contribution < -0.4 is 0 Å². The van der Waals surface area contributed by atoms with E-state index in [1.165, 1.54) is 22.3 Å². The average Bonchev–Trinajstić information content (AvgIpc) is 2.40. The molecule has 2 aromatic rings. The zero-order chi connectivity index (χ0) is 12.1. The molecule has 0 bridgehead atoms. The first-order valence-electron chi connectivity index (χ1n) is 6.12. The Morgan fingerprint density at radius 3 is 2.06 bits per heavy atom. The number of rotatable bonds is 4. The maximum atomic E-state index is 8.96. The number of aliphatic hydroxyl groups excluding tert-OH is 1. The second-order valence-electron chi connectivity index (χ2n) is 4.23. The first-order valence-corrected chi connectivity index (χ1v) is 6.12. The van der Waals surface area contributed by atoms with E-state index < -0.39 is 0 Å². The molecule has 0 atom stereocenters. The third-order valence-corrected chi connectivity index (χ3v) is 3.00. The summed E-state index contributed by atoms with van der Waals surface area (Å²) in [6.45, 7) is 2.37. The minimum atomic E-state index is 0.207. The Bertz CT molecular complexity index is 488. The van der Waals surface area contributed by atoms with Gasteiger partial charge in [-0.2, -0.15) is 0 Å². The Hall–Kier alpha value is -1.60. The number of aryl methyl sites for hydroxylation is 1. The summed E-state index contributed by atoms with van der Waals surface area (Å²) in [7, 11) is 0. The van der Waals surface area contributed by atoms with Gasteiger partial charge in [0.25, 0.3) is 0 Å².